The highest BCUT2D eigenvalue weighted by molar-refractivity contribution is 6.13. The Bertz CT molecular complexity index is 794. The number of carbonyl (C=O) groups excluding carboxylic acids is 2. The van der Waals surface area contributed by atoms with E-state index in [0.717, 1.165) is 36.6 Å². The molecular weight excluding hydrogens is 290 g/mol. The molecule has 1 N–H and O–H groups in total. The van der Waals surface area contributed by atoms with Gasteiger partial charge in [-0.25, -0.2) is 0 Å². The van der Waals surface area contributed by atoms with E-state index in [9.17, 15) is 14.9 Å². The van der Waals surface area contributed by atoms with E-state index in [-0.39, 0.29) is 6.04 Å². The van der Waals surface area contributed by atoms with Crippen LogP contribution in [-0.4, -0.2) is 22.3 Å². The predicted octanol–water partition coefficient (Wildman–Crippen LogP) is 2.56. The fourth-order valence-electron chi connectivity index (χ4n) is 3.26. The maximum absolute atomic E-state index is 12.7. The van der Waals surface area contributed by atoms with Crippen molar-refractivity contribution >= 4 is 22.6 Å². The number of ketones is 1. The molecule has 3 rings (SSSR count). The SMILES string of the molecule is Cn1c(C(=O)[C@H](C#N)C(=O)NC2CCCC2)cc2ccccc21. The lowest BCUT2D eigenvalue weighted by atomic mass is 10.0. The molecule has 0 aliphatic heterocycles. The standard InChI is InChI=1S/C18H19N3O2/c1-21-15-9-5-2-6-12(15)10-16(21)17(22)14(11-19)18(23)20-13-7-3-4-8-13/h2,5-6,9-10,13-14H,3-4,7-8H2,1H3,(H,20,23)/t14-/m0/s1. The van der Waals surface area contributed by atoms with E-state index in [2.05, 4.69) is 5.32 Å². The third-order valence-corrected chi connectivity index (χ3v) is 4.56. The van der Waals surface area contributed by atoms with Crippen molar-refractivity contribution in [3.8, 4) is 6.07 Å². The van der Waals surface area contributed by atoms with Gasteiger partial charge in [0.25, 0.3) is 0 Å². The highest BCUT2D eigenvalue weighted by atomic mass is 16.2. The topological polar surface area (TPSA) is 74.9 Å². The summed E-state index contributed by atoms with van der Waals surface area (Å²) in [6.45, 7) is 0. The van der Waals surface area contributed by atoms with Crippen LogP contribution in [-0.2, 0) is 11.8 Å². The first-order valence-corrected chi connectivity index (χ1v) is 7.90. The van der Waals surface area contributed by atoms with Crippen molar-refractivity contribution in [1.29, 1.82) is 5.26 Å². The average Bonchev–Trinajstić information content (AvgIpc) is 3.16. The van der Waals surface area contributed by atoms with Gasteiger partial charge in [0.15, 0.2) is 5.92 Å². The van der Waals surface area contributed by atoms with E-state index < -0.39 is 17.6 Å². The molecule has 1 aromatic carbocycles. The number of Topliss-reactive ketones (excluding diaryl/α,β-unsaturated/α-hetero) is 1. The summed E-state index contributed by atoms with van der Waals surface area (Å²) in [5.41, 5.74) is 1.29. The Hall–Kier alpha value is -2.61. The van der Waals surface area contributed by atoms with E-state index in [0.29, 0.717) is 5.69 Å². The van der Waals surface area contributed by atoms with Crippen LogP contribution in [0.3, 0.4) is 0 Å². The van der Waals surface area contributed by atoms with Crippen molar-refractivity contribution in [2.24, 2.45) is 13.0 Å². The summed E-state index contributed by atoms with van der Waals surface area (Å²) in [7, 11) is 1.78. The number of hydrogen-bond acceptors (Lipinski definition) is 3. The number of aryl methyl sites for hydroxylation is 1. The quantitative estimate of drug-likeness (QED) is 0.696. The number of carbonyl (C=O) groups is 2. The van der Waals surface area contributed by atoms with Gasteiger partial charge in [-0.15, -0.1) is 0 Å². The van der Waals surface area contributed by atoms with Crippen molar-refractivity contribution in [2.75, 3.05) is 0 Å². The monoisotopic (exact) mass is 309 g/mol. The first-order valence-electron chi connectivity index (χ1n) is 7.90. The van der Waals surface area contributed by atoms with Crippen LogP contribution in [0.2, 0.25) is 0 Å². The fourth-order valence-corrected chi connectivity index (χ4v) is 3.26. The van der Waals surface area contributed by atoms with E-state index in [1.807, 2.05) is 30.3 Å². The summed E-state index contributed by atoms with van der Waals surface area (Å²) >= 11 is 0. The largest absolute Gasteiger partial charge is 0.352 e. The van der Waals surface area contributed by atoms with Crippen molar-refractivity contribution < 1.29 is 9.59 Å². The molecule has 0 spiro atoms. The van der Waals surface area contributed by atoms with E-state index in [4.69, 9.17) is 0 Å². The molecule has 1 aliphatic rings. The number of amides is 1. The second-order valence-corrected chi connectivity index (χ2v) is 6.06. The van der Waals surface area contributed by atoms with Crippen LogP contribution in [0.1, 0.15) is 36.2 Å². The molecule has 5 heteroatoms. The molecule has 1 fully saturated rings. The lowest BCUT2D eigenvalue weighted by molar-refractivity contribution is -0.122. The van der Waals surface area contributed by atoms with Gasteiger partial charge in [0.1, 0.15) is 0 Å². The van der Waals surface area contributed by atoms with Crippen LogP contribution in [0.25, 0.3) is 10.9 Å². The van der Waals surface area contributed by atoms with Gasteiger partial charge in [0.2, 0.25) is 11.7 Å². The minimum Gasteiger partial charge on any atom is -0.352 e. The molecule has 0 bridgehead atoms. The second kappa shape index (κ2) is 6.25. The van der Waals surface area contributed by atoms with Gasteiger partial charge in [-0.2, -0.15) is 5.26 Å². The number of fused-ring (bicyclic) bond motifs is 1. The first-order chi connectivity index (χ1) is 11.1. The molecule has 118 valence electrons. The maximum atomic E-state index is 12.7. The van der Waals surface area contributed by atoms with Crippen molar-refractivity contribution in [2.45, 2.75) is 31.7 Å². The van der Waals surface area contributed by atoms with Gasteiger partial charge in [-0.3, -0.25) is 9.59 Å². The first kappa shape index (κ1) is 15.3. The summed E-state index contributed by atoms with van der Waals surface area (Å²) < 4.78 is 1.74. The molecule has 1 amide bonds. The summed E-state index contributed by atoms with van der Waals surface area (Å²) in [6, 6.07) is 11.3. The Morgan fingerprint density at radius 2 is 2.00 bits per heavy atom. The molecule has 23 heavy (non-hydrogen) atoms. The average molecular weight is 309 g/mol. The number of rotatable bonds is 4. The molecule has 1 aliphatic carbocycles. The minimum absolute atomic E-state index is 0.0960. The number of aromatic nitrogens is 1. The van der Waals surface area contributed by atoms with Crippen LogP contribution in [0.15, 0.2) is 30.3 Å². The minimum atomic E-state index is -1.29. The van der Waals surface area contributed by atoms with E-state index in [1.165, 1.54) is 0 Å². The summed E-state index contributed by atoms with van der Waals surface area (Å²) in [5.74, 6) is -2.21. The number of nitrogens with one attached hydrogen (secondary N) is 1. The summed E-state index contributed by atoms with van der Waals surface area (Å²) in [4.78, 5) is 25.0. The van der Waals surface area contributed by atoms with Gasteiger partial charge in [-0.1, -0.05) is 31.0 Å². The van der Waals surface area contributed by atoms with Crippen LogP contribution < -0.4 is 5.32 Å². The second-order valence-electron chi connectivity index (χ2n) is 6.06. The van der Waals surface area contributed by atoms with Crippen LogP contribution in [0.5, 0.6) is 0 Å². The van der Waals surface area contributed by atoms with Crippen molar-refractivity contribution in [1.82, 2.24) is 9.88 Å². The number of nitriles is 1. The van der Waals surface area contributed by atoms with Gasteiger partial charge in [0.05, 0.1) is 11.8 Å². The third-order valence-electron chi connectivity index (χ3n) is 4.56. The smallest absolute Gasteiger partial charge is 0.245 e. The van der Waals surface area contributed by atoms with Gasteiger partial charge in [0, 0.05) is 24.0 Å². The molecule has 2 aromatic rings. The zero-order valence-corrected chi connectivity index (χ0v) is 13.1. The molecule has 1 atom stereocenters. The molecule has 1 heterocycles. The van der Waals surface area contributed by atoms with Crippen LogP contribution >= 0.6 is 0 Å². The van der Waals surface area contributed by atoms with E-state index in [1.54, 1.807) is 17.7 Å². The molecule has 1 aromatic heterocycles. The Morgan fingerprint density at radius 1 is 1.30 bits per heavy atom. The highest BCUT2D eigenvalue weighted by Crippen LogP contribution is 2.22. The number of para-hydroxylation sites is 1. The normalized spacial score (nSPS) is 16.2. The lowest BCUT2D eigenvalue weighted by Crippen LogP contribution is -2.40. The Labute approximate surface area is 134 Å². The zero-order chi connectivity index (χ0) is 16.4. The summed E-state index contributed by atoms with van der Waals surface area (Å²) in [6.07, 6.45) is 4.01. The summed E-state index contributed by atoms with van der Waals surface area (Å²) in [5, 5.41) is 13.1. The van der Waals surface area contributed by atoms with Crippen LogP contribution in [0, 0.1) is 17.2 Å². The maximum Gasteiger partial charge on any atom is 0.245 e. The van der Waals surface area contributed by atoms with Gasteiger partial charge < -0.3 is 9.88 Å². The van der Waals surface area contributed by atoms with Gasteiger partial charge in [-0.05, 0) is 25.0 Å². The predicted molar refractivity (Wildman–Crippen MR) is 86.8 cm³/mol. The molecule has 5 nitrogen and oxygen atoms in total. The van der Waals surface area contributed by atoms with Crippen LogP contribution in [0.4, 0.5) is 0 Å². The number of nitrogens with zero attached hydrogens (tertiary/aromatic N) is 2. The highest BCUT2D eigenvalue weighted by Gasteiger charge is 2.31. The molecule has 0 unspecified atom stereocenters. The Kier molecular flexibility index (Phi) is 4.16. The fraction of sp³-hybridized carbons (Fsp3) is 0.389. The number of hydrogen-bond donors (Lipinski definition) is 1. The Balaban J connectivity index is 1.85. The van der Waals surface area contributed by atoms with Crippen molar-refractivity contribution in [3.05, 3.63) is 36.0 Å². The number of benzene rings is 1. The zero-order valence-electron chi connectivity index (χ0n) is 13.1. The van der Waals surface area contributed by atoms with Gasteiger partial charge >= 0.3 is 0 Å². The molecule has 0 radical (unpaired) electrons. The Morgan fingerprint density at radius 3 is 2.65 bits per heavy atom. The lowest BCUT2D eigenvalue weighted by Gasteiger charge is -2.14. The molecule has 1 saturated carbocycles. The molecular formula is C18H19N3O2. The van der Waals surface area contributed by atoms with Crippen molar-refractivity contribution in [3.63, 3.8) is 0 Å². The third kappa shape index (κ3) is 2.85. The molecule has 0 saturated heterocycles. The van der Waals surface area contributed by atoms with E-state index >= 15 is 0 Å².